The number of aromatic amines is 1. The minimum absolute atomic E-state index is 0.0515. The average Bonchev–Trinajstić information content (AvgIpc) is 2.94. The van der Waals surface area contributed by atoms with Crippen molar-refractivity contribution in [2.24, 2.45) is 4.99 Å². The van der Waals surface area contributed by atoms with Gasteiger partial charge in [-0.05, 0) is 30.3 Å². The van der Waals surface area contributed by atoms with Gasteiger partial charge in [-0.3, -0.25) is 19.3 Å². The Hall–Kier alpha value is -2.52. The standard InChI is InChI=1S/C17H17N3O4S2/c21-15-14(10-18-13-7-9-26(23,24)11-13)16(22)20(17(25)19-15)8-6-12-4-2-1-3-5-12/h1-5,7,9-10,13,22H,6,8,11H2,(H,19,21,25). The summed E-state index contributed by atoms with van der Waals surface area (Å²) in [7, 11) is -3.24. The molecule has 136 valence electrons. The van der Waals surface area contributed by atoms with Crippen molar-refractivity contribution in [3.05, 3.63) is 68.1 Å². The van der Waals surface area contributed by atoms with Gasteiger partial charge in [0, 0.05) is 18.2 Å². The number of hydrogen-bond acceptors (Lipinski definition) is 6. The molecule has 2 N–H and O–H groups in total. The number of nitrogens with zero attached hydrogens (tertiary/aromatic N) is 2. The molecule has 1 aromatic heterocycles. The van der Waals surface area contributed by atoms with E-state index in [1.54, 1.807) is 0 Å². The van der Waals surface area contributed by atoms with Crippen molar-refractivity contribution in [1.29, 1.82) is 0 Å². The summed E-state index contributed by atoms with van der Waals surface area (Å²) in [5.74, 6) is -0.432. The van der Waals surface area contributed by atoms with Gasteiger partial charge < -0.3 is 5.11 Å². The van der Waals surface area contributed by atoms with E-state index in [4.69, 9.17) is 12.2 Å². The second kappa shape index (κ2) is 7.38. The molecule has 1 unspecified atom stereocenters. The van der Waals surface area contributed by atoms with E-state index in [1.165, 1.54) is 16.9 Å². The molecular formula is C17H17N3O4S2. The van der Waals surface area contributed by atoms with Crippen LogP contribution in [-0.2, 0) is 22.8 Å². The lowest BCUT2D eigenvalue weighted by atomic mass is 10.1. The number of benzene rings is 1. The van der Waals surface area contributed by atoms with E-state index in [2.05, 4.69) is 9.98 Å². The first-order chi connectivity index (χ1) is 12.4. The van der Waals surface area contributed by atoms with Gasteiger partial charge in [-0.25, -0.2) is 8.42 Å². The third kappa shape index (κ3) is 4.17. The first-order valence-electron chi connectivity index (χ1n) is 7.90. The fourth-order valence-electron chi connectivity index (χ4n) is 2.61. The molecule has 0 saturated heterocycles. The van der Waals surface area contributed by atoms with Crippen LogP contribution in [0.5, 0.6) is 5.88 Å². The summed E-state index contributed by atoms with van der Waals surface area (Å²) >= 11 is 5.14. The van der Waals surface area contributed by atoms with E-state index >= 15 is 0 Å². The summed E-state index contributed by atoms with van der Waals surface area (Å²) in [6.45, 7) is 0.379. The van der Waals surface area contributed by atoms with E-state index in [0.717, 1.165) is 11.0 Å². The lowest BCUT2D eigenvalue weighted by molar-refractivity contribution is 0.403. The number of H-pyrrole nitrogens is 1. The highest BCUT2D eigenvalue weighted by Gasteiger charge is 2.21. The first kappa shape index (κ1) is 18.3. The van der Waals surface area contributed by atoms with Gasteiger partial charge in [0.2, 0.25) is 5.88 Å². The van der Waals surface area contributed by atoms with Crippen molar-refractivity contribution < 1.29 is 13.5 Å². The molecule has 1 atom stereocenters. The molecule has 0 fully saturated rings. The molecule has 1 aliphatic rings. The van der Waals surface area contributed by atoms with Crippen LogP contribution in [0.2, 0.25) is 0 Å². The molecule has 2 heterocycles. The predicted octanol–water partition coefficient (Wildman–Crippen LogP) is 1.58. The number of aryl methyl sites for hydroxylation is 1. The molecule has 1 aliphatic heterocycles. The highest BCUT2D eigenvalue weighted by molar-refractivity contribution is 7.94. The van der Waals surface area contributed by atoms with Crippen LogP contribution in [0.1, 0.15) is 11.1 Å². The Morgan fingerprint density at radius 1 is 1.35 bits per heavy atom. The summed E-state index contributed by atoms with van der Waals surface area (Å²) in [6, 6.07) is 9.10. The van der Waals surface area contributed by atoms with Crippen LogP contribution in [-0.4, -0.2) is 41.1 Å². The lowest BCUT2D eigenvalue weighted by Gasteiger charge is -2.11. The largest absolute Gasteiger partial charge is 0.494 e. The quantitative estimate of drug-likeness (QED) is 0.595. The van der Waals surface area contributed by atoms with Crippen molar-refractivity contribution in [2.45, 2.75) is 19.0 Å². The van der Waals surface area contributed by atoms with Gasteiger partial charge in [0.25, 0.3) is 5.56 Å². The maximum Gasteiger partial charge on any atom is 0.264 e. The normalized spacial score (nSPS) is 18.5. The molecule has 0 aliphatic carbocycles. The number of aliphatic imine (C=N–C) groups is 1. The highest BCUT2D eigenvalue weighted by Crippen LogP contribution is 2.15. The maximum absolute atomic E-state index is 12.1. The molecule has 1 aromatic carbocycles. The van der Waals surface area contributed by atoms with Crippen LogP contribution in [0.4, 0.5) is 0 Å². The van der Waals surface area contributed by atoms with Crippen LogP contribution in [0.3, 0.4) is 0 Å². The molecule has 0 bridgehead atoms. The second-order valence-corrected chi connectivity index (χ2v) is 8.21. The van der Waals surface area contributed by atoms with Crippen LogP contribution in [0, 0.1) is 4.77 Å². The van der Waals surface area contributed by atoms with Gasteiger partial charge in [-0.15, -0.1) is 0 Å². The Balaban J connectivity index is 1.86. The zero-order valence-corrected chi connectivity index (χ0v) is 15.3. The Kier molecular flexibility index (Phi) is 5.19. The summed E-state index contributed by atoms with van der Waals surface area (Å²) in [6.07, 6.45) is 3.26. The van der Waals surface area contributed by atoms with Gasteiger partial charge in [-0.1, -0.05) is 30.3 Å². The molecule has 0 saturated carbocycles. The topological polar surface area (TPSA) is 105 Å². The van der Waals surface area contributed by atoms with Crippen molar-refractivity contribution in [1.82, 2.24) is 9.55 Å². The fraction of sp³-hybridized carbons (Fsp3) is 0.235. The molecule has 3 rings (SSSR count). The van der Waals surface area contributed by atoms with Gasteiger partial charge >= 0.3 is 0 Å². The van der Waals surface area contributed by atoms with Gasteiger partial charge in [-0.2, -0.15) is 0 Å². The van der Waals surface area contributed by atoms with Crippen LogP contribution in [0.15, 0.2) is 51.6 Å². The molecule has 0 radical (unpaired) electrons. The number of sulfone groups is 1. The van der Waals surface area contributed by atoms with E-state index in [0.29, 0.717) is 13.0 Å². The fourth-order valence-corrected chi connectivity index (χ4v) is 4.08. The van der Waals surface area contributed by atoms with Crippen LogP contribution >= 0.6 is 12.2 Å². The third-order valence-corrected chi connectivity index (χ3v) is 5.68. The summed E-state index contributed by atoms with van der Waals surface area (Å²) < 4.78 is 24.4. The number of aromatic hydroxyl groups is 1. The number of aromatic nitrogens is 2. The molecule has 9 heteroatoms. The van der Waals surface area contributed by atoms with Gasteiger partial charge in [0.15, 0.2) is 14.6 Å². The van der Waals surface area contributed by atoms with Crippen molar-refractivity contribution >= 4 is 28.3 Å². The number of nitrogens with one attached hydrogen (secondary N) is 1. The second-order valence-electron chi connectivity index (χ2n) is 5.89. The monoisotopic (exact) mass is 391 g/mol. The summed E-state index contributed by atoms with van der Waals surface area (Å²) in [5, 5.41) is 11.6. The molecule has 0 amide bonds. The number of hydrogen-bond donors (Lipinski definition) is 2. The molecular weight excluding hydrogens is 374 g/mol. The Morgan fingerprint density at radius 3 is 2.73 bits per heavy atom. The van der Waals surface area contributed by atoms with E-state index < -0.39 is 21.4 Å². The van der Waals surface area contributed by atoms with Crippen LogP contribution in [0.25, 0.3) is 0 Å². The van der Waals surface area contributed by atoms with Crippen molar-refractivity contribution in [3.63, 3.8) is 0 Å². The van der Waals surface area contributed by atoms with Gasteiger partial charge in [0.05, 0.1) is 11.8 Å². The molecule has 2 aromatic rings. The Morgan fingerprint density at radius 2 is 2.08 bits per heavy atom. The zero-order valence-electron chi connectivity index (χ0n) is 13.7. The van der Waals surface area contributed by atoms with Crippen LogP contribution < -0.4 is 5.56 Å². The number of rotatable bonds is 5. The van der Waals surface area contributed by atoms with E-state index in [-0.39, 0.29) is 22.0 Å². The van der Waals surface area contributed by atoms with E-state index in [1.807, 2.05) is 30.3 Å². The van der Waals surface area contributed by atoms with Gasteiger partial charge in [0.1, 0.15) is 5.56 Å². The highest BCUT2D eigenvalue weighted by atomic mass is 32.2. The summed E-state index contributed by atoms with van der Waals surface area (Å²) in [4.78, 5) is 18.7. The first-order valence-corrected chi connectivity index (χ1v) is 10.0. The minimum atomic E-state index is -3.24. The Labute approximate surface area is 155 Å². The SMILES string of the molecule is O=c1[nH]c(=S)n(CCc2ccccc2)c(O)c1C=NC1C=CS(=O)(=O)C1. The Bertz CT molecular complexity index is 1080. The molecule has 7 nitrogen and oxygen atoms in total. The van der Waals surface area contributed by atoms with E-state index in [9.17, 15) is 18.3 Å². The molecule has 0 spiro atoms. The lowest BCUT2D eigenvalue weighted by Crippen LogP contribution is -2.20. The molecule has 26 heavy (non-hydrogen) atoms. The average molecular weight is 391 g/mol. The predicted molar refractivity (Wildman–Crippen MR) is 102 cm³/mol. The summed E-state index contributed by atoms with van der Waals surface area (Å²) in [5.41, 5.74) is 0.443. The smallest absolute Gasteiger partial charge is 0.264 e. The maximum atomic E-state index is 12.1. The third-order valence-electron chi connectivity index (χ3n) is 3.98. The zero-order chi connectivity index (χ0) is 18.7. The van der Waals surface area contributed by atoms with Crippen molar-refractivity contribution in [3.8, 4) is 5.88 Å². The minimum Gasteiger partial charge on any atom is -0.494 e. The van der Waals surface area contributed by atoms with Crippen molar-refractivity contribution in [2.75, 3.05) is 5.75 Å².